The zero-order chi connectivity index (χ0) is 19.0. The molecule has 0 aliphatic heterocycles. The molecule has 0 aromatic heterocycles. The summed E-state index contributed by atoms with van der Waals surface area (Å²) in [7, 11) is -1.57. The van der Waals surface area contributed by atoms with E-state index in [0.29, 0.717) is 11.3 Å². The lowest BCUT2D eigenvalue weighted by atomic mass is 9.47. The Hall–Kier alpha value is -0.673. The third-order valence-corrected chi connectivity index (χ3v) is 9.68. The Balaban J connectivity index is 1.65. The molecule has 0 bridgehead atoms. The van der Waals surface area contributed by atoms with Gasteiger partial charge in [0.2, 0.25) is 0 Å². The number of carbonyl (C=O) groups is 1. The smallest absolute Gasteiger partial charge is 0.184 e. The van der Waals surface area contributed by atoms with Crippen LogP contribution in [0.3, 0.4) is 0 Å². The van der Waals surface area contributed by atoms with Gasteiger partial charge in [-0.25, -0.2) is 0 Å². The third kappa shape index (κ3) is 2.57. The van der Waals surface area contributed by atoms with Crippen LogP contribution in [0.1, 0.15) is 59.3 Å². The van der Waals surface area contributed by atoms with Crippen LogP contribution >= 0.6 is 0 Å². The molecular weight excluding hydrogens is 336 g/mol. The van der Waals surface area contributed by atoms with Crippen molar-refractivity contribution < 1.29 is 9.22 Å². The van der Waals surface area contributed by atoms with Crippen LogP contribution in [0.5, 0.6) is 0 Å². The van der Waals surface area contributed by atoms with Gasteiger partial charge < -0.3 is 4.43 Å². The molecule has 4 aliphatic rings. The van der Waals surface area contributed by atoms with Gasteiger partial charge in [-0.2, -0.15) is 0 Å². The summed E-state index contributed by atoms with van der Waals surface area (Å²) in [6.07, 6.45) is 13.5. The third-order valence-electron chi connectivity index (χ3n) is 8.62. The maximum atomic E-state index is 11.9. The fraction of sp³-hybridized carbons (Fsp3) is 0.783. The van der Waals surface area contributed by atoms with E-state index in [1.165, 1.54) is 37.7 Å². The minimum atomic E-state index is -1.57. The summed E-state index contributed by atoms with van der Waals surface area (Å²) in [4.78, 5) is 11.9. The lowest BCUT2D eigenvalue weighted by molar-refractivity contribution is -0.112. The van der Waals surface area contributed by atoms with E-state index in [1.807, 2.05) is 12.2 Å². The molecule has 144 valence electrons. The van der Waals surface area contributed by atoms with Crippen molar-refractivity contribution in [3.63, 3.8) is 0 Å². The van der Waals surface area contributed by atoms with Crippen molar-refractivity contribution in [2.45, 2.75) is 84.5 Å². The monoisotopic (exact) mass is 372 g/mol. The first-order valence-corrected chi connectivity index (χ1v) is 14.0. The molecule has 2 nitrogen and oxygen atoms in total. The first-order valence-electron chi connectivity index (χ1n) is 10.6. The maximum Gasteiger partial charge on any atom is 0.184 e. The molecule has 0 spiro atoms. The van der Waals surface area contributed by atoms with Crippen molar-refractivity contribution in [1.82, 2.24) is 0 Å². The number of hydrogen-bond donors (Lipinski definition) is 0. The summed E-state index contributed by atoms with van der Waals surface area (Å²) in [6, 6.07) is 0. The van der Waals surface area contributed by atoms with Crippen molar-refractivity contribution in [2.24, 2.45) is 28.6 Å². The van der Waals surface area contributed by atoms with Crippen LogP contribution < -0.4 is 0 Å². The summed E-state index contributed by atoms with van der Waals surface area (Å²) >= 11 is 0. The Labute approximate surface area is 160 Å². The fourth-order valence-electron chi connectivity index (χ4n) is 7.27. The van der Waals surface area contributed by atoms with Crippen LogP contribution in [0, 0.1) is 28.6 Å². The van der Waals surface area contributed by atoms with Crippen LogP contribution in [0.15, 0.2) is 23.8 Å². The molecule has 3 saturated carbocycles. The SMILES string of the molecule is CC12C=CC(=O)C=C1CCC1C2CCC2(C)C1CC[C@@]2(C)O[Si](C)(C)C. The van der Waals surface area contributed by atoms with E-state index >= 15 is 0 Å². The number of carbonyl (C=O) groups excluding carboxylic acids is 1. The number of fused-ring (bicyclic) bond motifs is 5. The van der Waals surface area contributed by atoms with Crippen molar-refractivity contribution in [3.05, 3.63) is 23.8 Å². The highest BCUT2D eigenvalue weighted by molar-refractivity contribution is 6.69. The van der Waals surface area contributed by atoms with Crippen LogP contribution in [0.4, 0.5) is 0 Å². The molecule has 4 aliphatic carbocycles. The molecule has 5 unspecified atom stereocenters. The Morgan fingerprint density at radius 1 is 1.04 bits per heavy atom. The highest BCUT2D eigenvalue weighted by Crippen LogP contribution is 2.67. The molecule has 3 fully saturated rings. The molecule has 3 heteroatoms. The Morgan fingerprint density at radius 2 is 1.73 bits per heavy atom. The highest BCUT2D eigenvalue weighted by atomic mass is 28.4. The molecule has 0 radical (unpaired) electrons. The molecule has 4 rings (SSSR count). The van der Waals surface area contributed by atoms with E-state index in [4.69, 9.17) is 4.43 Å². The van der Waals surface area contributed by atoms with Crippen molar-refractivity contribution in [3.8, 4) is 0 Å². The van der Waals surface area contributed by atoms with Gasteiger partial charge in [0.25, 0.3) is 0 Å². The summed E-state index contributed by atoms with van der Waals surface area (Å²) < 4.78 is 6.85. The molecule has 0 amide bonds. The second-order valence-electron chi connectivity index (χ2n) is 11.0. The van der Waals surface area contributed by atoms with E-state index in [0.717, 1.165) is 18.3 Å². The van der Waals surface area contributed by atoms with Gasteiger partial charge in [0, 0.05) is 5.41 Å². The predicted molar refractivity (Wildman–Crippen MR) is 109 cm³/mol. The lowest BCUT2D eigenvalue weighted by Gasteiger charge is -2.59. The first-order chi connectivity index (χ1) is 12.0. The number of ketones is 1. The average molecular weight is 373 g/mol. The van der Waals surface area contributed by atoms with Crippen LogP contribution in [-0.4, -0.2) is 19.7 Å². The molecule has 0 N–H and O–H groups in total. The zero-order valence-corrected chi connectivity index (χ0v) is 18.5. The van der Waals surface area contributed by atoms with E-state index in [-0.39, 0.29) is 16.8 Å². The number of rotatable bonds is 2. The van der Waals surface area contributed by atoms with Gasteiger partial charge in [-0.05, 0) is 100 Å². The van der Waals surface area contributed by atoms with Crippen LogP contribution in [0.2, 0.25) is 19.6 Å². The normalized spacial score (nSPS) is 47.8. The maximum absolute atomic E-state index is 11.9. The largest absolute Gasteiger partial charge is 0.412 e. The van der Waals surface area contributed by atoms with Gasteiger partial charge in [-0.15, -0.1) is 0 Å². The van der Waals surface area contributed by atoms with E-state index in [2.05, 4.69) is 46.5 Å². The number of hydrogen-bond acceptors (Lipinski definition) is 2. The van der Waals surface area contributed by atoms with Gasteiger partial charge in [0.1, 0.15) is 0 Å². The van der Waals surface area contributed by atoms with Gasteiger partial charge in [-0.3, -0.25) is 4.79 Å². The first kappa shape index (κ1) is 18.7. The lowest BCUT2D eigenvalue weighted by Crippen LogP contribution is -2.56. The van der Waals surface area contributed by atoms with E-state index in [1.54, 1.807) is 0 Å². The standard InChI is InChI=1S/C23H36O2Si/c1-21-12-9-17(24)15-16(21)7-8-18-19(21)10-13-22(2)20(18)11-14-23(22,3)25-26(4,5)6/h9,12,15,18-20H,7-8,10-11,13-14H2,1-6H3/t18?,19?,20?,21?,22?,23-/m1/s1. The number of allylic oxidation sites excluding steroid dienone is 4. The second kappa shape index (κ2) is 5.67. The molecule has 0 heterocycles. The zero-order valence-electron chi connectivity index (χ0n) is 17.5. The minimum Gasteiger partial charge on any atom is -0.412 e. The quantitative estimate of drug-likeness (QED) is 0.564. The molecule has 0 aromatic carbocycles. The van der Waals surface area contributed by atoms with Crippen molar-refractivity contribution >= 4 is 14.1 Å². The summed E-state index contributed by atoms with van der Waals surface area (Å²) in [5.41, 5.74) is 1.86. The van der Waals surface area contributed by atoms with Crippen LogP contribution in [-0.2, 0) is 9.22 Å². The Kier molecular flexibility index (Phi) is 4.07. The summed E-state index contributed by atoms with van der Waals surface area (Å²) in [5.74, 6) is 2.43. The average Bonchev–Trinajstić information content (AvgIpc) is 2.77. The Morgan fingerprint density at radius 3 is 2.42 bits per heavy atom. The Bertz CT molecular complexity index is 687. The van der Waals surface area contributed by atoms with Gasteiger partial charge in [0.05, 0.1) is 5.60 Å². The van der Waals surface area contributed by atoms with Crippen LogP contribution in [0.25, 0.3) is 0 Å². The highest BCUT2D eigenvalue weighted by Gasteiger charge is 2.63. The fourth-order valence-corrected chi connectivity index (χ4v) is 8.95. The summed E-state index contributed by atoms with van der Waals surface area (Å²) in [6.45, 7) is 14.4. The van der Waals surface area contributed by atoms with Gasteiger partial charge in [-0.1, -0.05) is 25.5 Å². The molecule has 0 saturated heterocycles. The molecule has 6 atom stereocenters. The predicted octanol–water partition coefficient (Wildman–Crippen LogP) is 5.90. The van der Waals surface area contributed by atoms with Crippen molar-refractivity contribution in [1.29, 1.82) is 0 Å². The van der Waals surface area contributed by atoms with Crippen molar-refractivity contribution in [2.75, 3.05) is 0 Å². The van der Waals surface area contributed by atoms with E-state index < -0.39 is 8.32 Å². The van der Waals surface area contributed by atoms with Gasteiger partial charge >= 0.3 is 0 Å². The molecule has 26 heavy (non-hydrogen) atoms. The minimum absolute atomic E-state index is 0.0441. The summed E-state index contributed by atoms with van der Waals surface area (Å²) in [5, 5.41) is 0. The second-order valence-corrected chi connectivity index (χ2v) is 15.5. The molecular formula is C23H36O2Si. The van der Waals surface area contributed by atoms with E-state index in [9.17, 15) is 4.79 Å². The topological polar surface area (TPSA) is 26.3 Å². The molecule has 0 aromatic rings. The van der Waals surface area contributed by atoms with Gasteiger partial charge in [0.15, 0.2) is 14.1 Å².